The van der Waals surface area contributed by atoms with Crippen molar-refractivity contribution in [3.05, 3.63) is 95.6 Å². The summed E-state index contributed by atoms with van der Waals surface area (Å²) >= 11 is 6.19. The number of phosphoric ester groups is 1. The van der Waals surface area contributed by atoms with Crippen LogP contribution in [0.3, 0.4) is 0 Å². The van der Waals surface area contributed by atoms with Crippen LogP contribution in [0.15, 0.2) is 78.9 Å². The van der Waals surface area contributed by atoms with Crippen molar-refractivity contribution in [1.82, 2.24) is 5.32 Å². The fraction of sp³-hybridized carbons (Fsp3) is 0.200. The normalized spacial score (nSPS) is 12.2. The van der Waals surface area contributed by atoms with E-state index in [1.807, 2.05) is 61.6 Å². The Balaban J connectivity index is 2.07. The van der Waals surface area contributed by atoms with Crippen LogP contribution in [0.2, 0.25) is 0 Å². The van der Waals surface area contributed by atoms with Crippen LogP contribution in [0.4, 0.5) is 0 Å². The van der Waals surface area contributed by atoms with E-state index in [1.165, 1.54) is 0 Å². The van der Waals surface area contributed by atoms with Gasteiger partial charge in [0.2, 0.25) is 0 Å². The molecule has 0 unspecified atom stereocenters. The highest BCUT2D eigenvalue weighted by atomic mass is 35.5. The van der Waals surface area contributed by atoms with Crippen LogP contribution in [0.1, 0.15) is 23.1 Å². The van der Waals surface area contributed by atoms with Crippen molar-refractivity contribution in [3.8, 4) is 11.5 Å². The van der Waals surface area contributed by atoms with Gasteiger partial charge in [0.15, 0.2) is 0 Å². The van der Waals surface area contributed by atoms with E-state index < -0.39 is 7.82 Å². The van der Waals surface area contributed by atoms with Gasteiger partial charge >= 0.3 is 7.82 Å². The molecule has 0 atom stereocenters. The van der Waals surface area contributed by atoms with Crippen molar-refractivity contribution in [2.24, 2.45) is 0 Å². The topological polar surface area (TPSA) is 88.0 Å². The second-order valence-corrected chi connectivity index (χ2v) is 8.78. The molecule has 0 aromatic heterocycles. The first kappa shape index (κ1) is 25.0. The minimum absolute atomic E-state index is 0.0957. The molecule has 6 nitrogen and oxygen atoms in total. The van der Waals surface area contributed by atoms with Gasteiger partial charge in [0.1, 0.15) is 18.1 Å². The fourth-order valence-corrected chi connectivity index (χ4v) is 4.06. The van der Waals surface area contributed by atoms with Gasteiger partial charge in [0.05, 0.1) is 0 Å². The number of benzene rings is 3. The molecular formula is C25H27ClNO5P. The number of phosphoric acid groups is 1. The van der Waals surface area contributed by atoms with Gasteiger partial charge < -0.3 is 14.6 Å². The summed E-state index contributed by atoms with van der Waals surface area (Å²) in [6.07, 6.45) is 0.641. The molecule has 0 aliphatic carbocycles. The van der Waals surface area contributed by atoms with Crippen LogP contribution in [-0.4, -0.2) is 35.9 Å². The molecular weight excluding hydrogens is 461 g/mol. The maximum Gasteiger partial charge on any atom is 0.524 e. The molecule has 0 spiro atoms. The van der Waals surface area contributed by atoms with Crippen LogP contribution < -0.4 is 14.6 Å². The minimum atomic E-state index is -4.63. The molecule has 0 saturated heterocycles. The number of likely N-dealkylation sites (N-methyl/N-ethyl adjacent to an activating group) is 1. The lowest BCUT2D eigenvalue weighted by Crippen LogP contribution is -2.15. The summed E-state index contributed by atoms with van der Waals surface area (Å²) in [5.41, 5.74) is 4.95. The summed E-state index contributed by atoms with van der Waals surface area (Å²) in [6, 6.07) is 24.6. The van der Waals surface area contributed by atoms with E-state index in [4.69, 9.17) is 30.6 Å². The maximum absolute atomic E-state index is 11.2. The number of hydrogen-bond donors (Lipinski definition) is 3. The van der Waals surface area contributed by atoms with E-state index in [1.54, 1.807) is 24.3 Å². The number of halogens is 1. The van der Waals surface area contributed by atoms with E-state index in [9.17, 15) is 4.57 Å². The molecule has 0 aliphatic rings. The first-order chi connectivity index (χ1) is 15.9. The molecule has 0 bridgehead atoms. The SMILES string of the molecule is CNCCOc1ccc(/C(=C(/CCCl)c2ccccc2)c2ccc(OP(=O)(O)O)cc2)cc1. The van der Waals surface area contributed by atoms with E-state index in [-0.39, 0.29) is 5.75 Å². The largest absolute Gasteiger partial charge is 0.524 e. The van der Waals surface area contributed by atoms with Crippen molar-refractivity contribution in [2.45, 2.75) is 6.42 Å². The number of hydrogen-bond acceptors (Lipinski definition) is 4. The number of alkyl halides is 1. The Morgan fingerprint density at radius 3 is 1.97 bits per heavy atom. The Labute approximate surface area is 199 Å². The monoisotopic (exact) mass is 487 g/mol. The first-order valence-corrected chi connectivity index (χ1v) is 12.6. The van der Waals surface area contributed by atoms with Crippen LogP contribution in [0.25, 0.3) is 11.1 Å². The average Bonchev–Trinajstić information content (AvgIpc) is 2.80. The third-order valence-corrected chi connectivity index (χ3v) is 5.54. The lowest BCUT2D eigenvalue weighted by atomic mass is 9.88. The number of allylic oxidation sites excluding steroid dienone is 1. The molecule has 0 aliphatic heterocycles. The van der Waals surface area contributed by atoms with Crippen molar-refractivity contribution in [3.63, 3.8) is 0 Å². The lowest BCUT2D eigenvalue weighted by molar-refractivity contribution is 0.283. The summed E-state index contributed by atoms with van der Waals surface area (Å²) in [5, 5.41) is 3.05. The number of nitrogens with one attached hydrogen (secondary N) is 1. The molecule has 0 fully saturated rings. The van der Waals surface area contributed by atoms with Gasteiger partial charge in [-0.05, 0) is 65.6 Å². The van der Waals surface area contributed by atoms with Crippen LogP contribution >= 0.6 is 19.4 Å². The van der Waals surface area contributed by atoms with Gasteiger partial charge in [0.25, 0.3) is 0 Å². The molecule has 0 radical (unpaired) electrons. The van der Waals surface area contributed by atoms with Gasteiger partial charge in [-0.15, -0.1) is 11.6 Å². The zero-order valence-electron chi connectivity index (χ0n) is 18.3. The number of rotatable bonds is 11. The highest BCUT2D eigenvalue weighted by molar-refractivity contribution is 7.46. The van der Waals surface area contributed by atoms with Crippen molar-refractivity contribution >= 4 is 30.6 Å². The van der Waals surface area contributed by atoms with Crippen molar-refractivity contribution in [2.75, 3.05) is 26.1 Å². The van der Waals surface area contributed by atoms with Gasteiger partial charge in [-0.25, -0.2) is 4.57 Å². The quantitative estimate of drug-likeness (QED) is 0.146. The second kappa shape index (κ2) is 12.0. The smallest absolute Gasteiger partial charge is 0.492 e. The van der Waals surface area contributed by atoms with E-state index in [2.05, 4.69) is 5.32 Å². The highest BCUT2D eigenvalue weighted by Crippen LogP contribution is 2.39. The maximum atomic E-state index is 11.2. The predicted molar refractivity (Wildman–Crippen MR) is 133 cm³/mol. The summed E-state index contributed by atoms with van der Waals surface area (Å²) in [4.78, 5) is 18.2. The Morgan fingerprint density at radius 1 is 0.879 bits per heavy atom. The van der Waals surface area contributed by atoms with Crippen LogP contribution in [0.5, 0.6) is 11.5 Å². The molecule has 0 saturated carbocycles. The molecule has 3 aromatic carbocycles. The van der Waals surface area contributed by atoms with Crippen LogP contribution in [-0.2, 0) is 4.57 Å². The Bertz CT molecular complexity index is 1100. The van der Waals surface area contributed by atoms with Gasteiger partial charge in [-0.2, -0.15) is 0 Å². The molecule has 0 heterocycles. The molecule has 3 N–H and O–H groups in total. The summed E-state index contributed by atoms with van der Waals surface area (Å²) in [6.45, 7) is 1.32. The molecule has 8 heteroatoms. The zero-order chi connectivity index (χ0) is 23.7. The molecule has 174 valence electrons. The molecule has 3 aromatic rings. The Hall–Kier alpha value is -2.60. The van der Waals surface area contributed by atoms with Crippen LogP contribution in [0, 0.1) is 0 Å². The molecule has 0 amide bonds. The lowest BCUT2D eigenvalue weighted by Gasteiger charge is -2.18. The van der Waals surface area contributed by atoms with E-state index >= 15 is 0 Å². The Morgan fingerprint density at radius 2 is 1.45 bits per heavy atom. The average molecular weight is 488 g/mol. The summed E-state index contributed by atoms with van der Waals surface area (Å²) in [5.74, 6) is 1.31. The number of ether oxygens (including phenoxy) is 1. The van der Waals surface area contributed by atoms with E-state index in [0.717, 1.165) is 40.1 Å². The fourth-order valence-electron chi connectivity index (χ4n) is 3.47. The molecule has 3 rings (SSSR count). The van der Waals surface area contributed by atoms with Crippen molar-refractivity contribution < 1.29 is 23.6 Å². The standard InChI is InChI=1S/C25H27ClNO5P/c1-27-17-18-31-22-11-7-20(8-12-22)25(24(15-16-26)19-5-3-2-4-6-19)21-9-13-23(14-10-21)32-33(28,29)30/h2-14,27H,15-18H2,1H3,(H2,28,29,30)/b25-24+. The van der Waals surface area contributed by atoms with E-state index in [0.29, 0.717) is 18.9 Å². The van der Waals surface area contributed by atoms with Gasteiger partial charge in [0, 0.05) is 12.4 Å². The van der Waals surface area contributed by atoms with Gasteiger partial charge in [-0.3, -0.25) is 9.79 Å². The first-order valence-electron chi connectivity index (χ1n) is 10.5. The third kappa shape index (κ3) is 7.46. The Kier molecular flexibility index (Phi) is 9.12. The minimum Gasteiger partial charge on any atom is -0.492 e. The third-order valence-electron chi connectivity index (χ3n) is 4.90. The summed E-state index contributed by atoms with van der Waals surface area (Å²) in [7, 11) is -2.75. The second-order valence-electron chi connectivity index (χ2n) is 7.24. The summed E-state index contributed by atoms with van der Waals surface area (Å²) < 4.78 is 21.6. The molecule has 33 heavy (non-hydrogen) atoms. The van der Waals surface area contributed by atoms with Gasteiger partial charge in [-0.1, -0.05) is 54.6 Å². The predicted octanol–water partition coefficient (Wildman–Crippen LogP) is 5.34. The highest BCUT2D eigenvalue weighted by Gasteiger charge is 2.17. The van der Waals surface area contributed by atoms with Crippen molar-refractivity contribution in [1.29, 1.82) is 0 Å². The zero-order valence-corrected chi connectivity index (χ0v) is 19.9.